The average Bonchev–Trinajstić information content (AvgIpc) is 2.52. The van der Waals surface area contributed by atoms with Gasteiger partial charge in [-0.15, -0.1) is 0 Å². The molecule has 80 valence electrons. The van der Waals surface area contributed by atoms with E-state index in [1.54, 1.807) is 0 Å². The second-order valence-electron chi connectivity index (χ2n) is 4.08. The van der Waals surface area contributed by atoms with Crippen molar-refractivity contribution in [2.75, 3.05) is 13.6 Å². The van der Waals surface area contributed by atoms with Gasteiger partial charge in [0, 0.05) is 25.3 Å². The van der Waals surface area contributed by atoms with Crippen molar-refractivity contribution in [1.82, 2.24) is 4.90 Å². The van der Waals surface area contributed by atoms with Gasteiger partial charge in [-0.2, -0.15) is 0 Å². The molecular formula is C11H19NO2. The van der Waals surface area contributed by atoms with Crippen LogP contribution in [-0.4, -0.2) is 36.6 Å². The molecule has 1 fully saturated rings. The topological polar surface area (TPSA) is 37.4 Å². The van der Waals surface area contributed by atoms with Crippen LogP contribution in [-0.2, 0) is 9.59 Å². The van der Waals surface area contributed by atoms with Crippen molar-refractivity contribution in [1.29, 1.82) is 0 Å². The number of rotatable bonds is 6. The van der Waals surface area contributed by atoms with E-state index < -0.39 is 0 Å². The second-order valence-corrected chi connectivity index (χ2v) is 4.08. The Kier molecular flexibility index (Phi) is 4.80. The van der Waals surface area contributed by atoms with Crippen molar-refractivity contribution in [2.45, 2.75) is 44.6 Å². The summed E-state index contributed by atoms with van der Waals surface area (Å²) in [5, 5.41) is 0. The van der Waals surface area contributed by atoms with E-state index in [-0.39, 0.29) is 0 Å². The fourth-order valence-electron chi connectivity index (χ4n) is 1.98. The van der Waals surface area contributed by atoms with Gasteiger partial charge >= 0.3 is 0 Å². The molecule has 0 aliphatic carbocycles. The van der Waals surface area contributed by atoms with E-state index in [1.165, 1.54) is 6.42 Å². The zero-order valence-electron chi connectivity index (χ0n) is 8.87. The molecule has 1 saturated heterocycles. The van der Waals surface area contributed by atoms with Crippen LogP contribution in [0.1, 0.15) is 38.5 Å². The quantitative estimate of drug-likeness (QED) is 0.477. The smallest absolute Gasteiger partial charge is 0.134 e. The molecule has 0 amide bonds. The highest BCUT2D eigenvalue weighted by Crippen LogP contribution is 2.18. The van der Waals surface area contributed by atoms with Gasteiger partial charge in [-0.25, -0.2) is 0 Å². The van der Waals surface area contributed by atoms with Crippen molar-refractivity contribution in [2.24, 2.45) is 0 Å². The fourth-order valence-corrected chi connectivity index (χ4v) is 1.98. The fraction of sp³-hybridized carbons (Fsp3) is 0.818. The summed E-state index contributed by atoms with van der Waals surface area (Å²) >= 11 is 0. The van der Waals surface area contributed by atoms with Crippen LogP contribution in [0.4, 0.5) is 0 Å². The third kappa shape index (κ3) is 3.58. The number of hydrogen-bond acceptors (Lipinski definition) is 3. The van der Waals surface area contributed by atoms with Gasteiger partial charge in [-0.1, -0.05) is 0 Å². The van der Waals surface area contributed by atoms with E-state index >= 15 is 0 Å². The van der Waals surface area contributed by atoms with Crippen molar-refractivity contribution in [3.8, 4) is 0 Å². The highest BCUT2D eigenvalue weighted by atomic mass is 16.1. The molecule has 1 aliphatic heterocycles. The van der Waals surface area contributed by atoms with E-state index in [0.717, 1.165) is 25.7 Å². The van der Waals surface area contributed by atoms with E-state index in [2.05, 4.69) is 11.9 Å². The first-order chi connectivity index (χ1) is 6.74. The Morgan fingerprint density at radius 2 is 2.36 bits per heavy atom. The molecular weight excluding hydrogens is 178 g/mol. The van der Waals surface area contributed by atoms with Gasteiger partial charge in [0.1, 0.15) is 12.1 Å². The SMILES string of the molecule is CN1CCC[C@@H]1CC(=O)CCCC=O. The van der Waals surface area contributed by atoms with Gasteiger partial charge in [-0.3, -0.25) is 4.79 Å². The van der Waals surface area contributed by atoms with Gasteiger partial charge in [0.2, 0.25) is 0 Å². The third-order valence-electron chi connectivity index (χ3n) is 2.91. The normalized spacial score (nSPS) is 22.5. The summed E-state index contributed by atoms with van der Waals surface area (Å²) in [6.07, 6.45) is 5.73. The maximum atomic E-state index is 11.5. The highest BCUT2D eigenvalue weighted by Gasteiger charge is 2.22. The van der Waals surface area contributed by atoms with Gasteiger partial charge in [-0.05, 0) is 32.9 Å². The number of hydrogen-bond donors (Lipinski definition) is 0. The number of ketones is 1. The molecule has 0 aromatic rings. The first-order valence-electron chi connectivity index (χ1n) is 5.39. The molecule has 0 unspecified atom stereocenters. The Morgan fingerprint density at radius 3 is 2.93 bits per heavy atom. The van der Waals surface area contributed by atoms with Crippen LogP contribution in [0, 0.1) is 0 Å². The number of carbonyl (C=O) groups excluding carboxylic acids is 2. The summed E-state index contributed by atoms with van der Waals surface area (Å²) in [5.74, 6) is 0.311. The Labute approximate surface area is 85.5 Å². The molecule has 14 heavy (non-hydrogen) atoms. The summed E-state index contributed by atoms with van der Waals surface area (Å²) in [6, 6.07) is 0.457. The third-order valence-corrected chi connectivity index (χ3v) is 2.91. The van der Waals surface area contributed by atoms with E-state index in [9.17, 15) is 9.59 Å². The molecule has 3 nitrogen and oxygen atoms in total. The molecule has 0 N–H and O–H groups in total. The van der Waals surface area contributed by atoms with Crippen LogP contribution in [0.2, 0.25) is 0 Å². The minimum atomic E-state index is 0.311. The summed E-state index contributed by atoms with van der Waals surface area (Å²) in [5.41, 5.74) is 0. The van der Waals surface area contributed by atoms with Crippen LogP contribution in [0.15, 0.2) is 0 Å². The zero-order chi connectivity index (χ0) is 10.4. The van der Waals surface area contributed by atoms with E-state index in [1.807, 2.05) is 0 Å². The summed E-state index contributed by atoms with van der Waals surface area (Å²) in [7, 11) is 2.08. The first-order valence-corrected chi connectivity index (χ1v) is 5.39. The summed E-state index contributed by atoms with van der Waals surface area (Å²) in [4.78, 5) is 23.8. The number of carbonyl (C=O) groups is 2. The largest absolute Gasteiger partial charge is 0.303 e. The molecule has 1 aliphatic rings. The Balaban J connectivity index is 2.16. The van der Waals surface area contributed by atoms with Crippen LogP contribution in [0.3, 0.4) is 0 Å². The van der Waals surface area contributed by atoms with Crippen molar-refractivity contribution in [3.05, 3.63) is 0 Å². The van der Waals surface area contributed by atoms with Crippen LogP contribution >= 0.6 is 0 Å². The van der Waals surface area contributed by atoms with Crippen molar-refractivity contribution < 1.29 is 9.59 Å². The van der Waals surface area contributed by atoms with E-state index in [0.29, 0.717) is 31.1 Å². The highest BCUT2D eigenvalue weighted by molar-refractivity contribution is 5.79. The maximum Gasteiger partial charge on any atom is 0.134 e. The first kappa shape index (κ1) is 11.4. The van der Waals surface area contributed by atoms with Gasteiger partial charge in [0.05, 0.1) is 0 Å². The zero-order valence-corrected chi connectivity index (χ0v) is 8.87. The van der Waals surface area contributed by atoms with E-state index in [4.69, 9.17) is 0 Å². The number of likely N-dealkylation sites (tertiary alicyclic amines) is 1. The molecule has 0 aromatic heterocycles. The standard InChI is InChI=1S/C11H19NO2/c1-12-7-4-5-10(12)9-11(14)6-2-3-8-13/h8,10H,2-7,9H2,1H3/t10-/m1/s1. The lowest BCUT2D eigenvalue weighted by Crippen LogP contribution is -2.27. The minimum absolute atomic E-state index is 0.311. The van der Waals surface area contributed by atoms with Crippen LogP contribution in [0.25, 0.3) is 0 Å². The predicted octanol–water partition coefficient (Wildman–Crippen LogP) is 1.41. The monoisotopic (exact) mass is 197 g/mol. The van der Waals surface area contributed by atoms with Gasteiger partial charge < -0.3 is 9.69 Å². The predicted molar refractivity (Wildman–Crippen MR) is 55.2 cm³/mol. The molecule has 1 atom stereocenters. The lowest BCUT2D eigenvalue weighted by molar-refractivity contribution is -0.120. The van der Waals surface area contributed by atoms with Gasteiger partial charge in [0.25, 0.3) is 0 Å². The minimum Gasteiger partial charge on any atom is -0.303 e. The number of Topliss-reactive ketones (excluding diaryl/α,β-unsaturated/α-hetero) is 1. The molecule has 0 aromatic carbocycles. The van der Waals surface area contributed by atoms with Crippen LogP contribution in [0.5, 0.6) is 0 Å². The van der Waals surface area contributed by atoms with Crippen LogP contribution < -0.4 is 0 Å². The molecule has 1 rings (SSSR count). The Bertz CT molecular complexity index is 203. The van der Waals surface area contributed by atoms with Crippen molar-refractivity contribution in [3.63, 3.8) is 0 Å². The van der Waals surface area contributed by atoms with Crippen molar-refractivity contribution >= 4 is 12.1 Å². The summed E-state index contributed by atoms with van der Waals surface area (Å²) in [6.45, 7) is 1.12. The van der Waals surface area contributed by atoms with Gasteiger partial charge in [0.15, 0.2) is 0 Å². The molecule has 0 radical (unpaired) electrons. The number of aldehydes is 1. The second kappa shape index (κ2) is 5.91. The lowest BCUT2D eigenvalue weighted by atomic mass is 10.0. The Morgan fingerprint density at radius 1 is 1.57 bits per heavy atom. The lowest BCUT2D eigenvalue weighted by Gasteiger charge is -2.18. The molecule has 1 heterocycles. The average molecular weight is 197 g/mol. The number of unbranched alkanes of at least 4 members (excludes halogenated alkanes) is 1. The number of nitrogens with zero attached hydrogens (tertiary/aromatic N) is 1. The Hall–Kier alpha value is -0.700. The molecule has 0 bridgehead atoms. The molecule has 0 spiro atoms. The summed E-state index contributed by atoms with van der Waals surface area (Å²) < 4.78 is 0. The molecule has 3 heteroatoms. The molecule has 0 saturated carbocycles. The maximum absolute atomic E-state index is 11.5.